The Morgan fingerprint density at radius 3 is 2.44 bits per heavy atom. The van der Waals surface area contributed by atoms with Crippen LogP contribution in [0.15, 0.2) is 46.4 Å². The molecule has 2 aliphatic heterocycles. The summed E-state index contributed by atoms with van der Waals surface area (Å²) in [5, 5.41) is 5.89. The number of hydrogen-bond acceptors (Lipinski definition) is 7. The van der Waals surface area contributed by atoms with E-state index in [4.69, 9.17) is 4.74 Å². The molecule has 0 spiro atoms. The molecule has 0 unspecified atom stereocenters. The highest BCUT2D eigenvalue weighted by molar-refractivity contribution is 5.94. The Hall–Kier alpha value is -3.30. The zero-order chi connectivity index (χ0) is 25.5. The van der Waals surface area contributed by atoms with Gasteiger partial charge < -0.3 is 20.3 Å². The fourth-order valence-corrected chi connectivity index (χ4v) is 4.39. The summed E-state index contributed by atoms with van der Waals surface area (Å²) in [6.45, 7) is 5.40. The average molecular weight is 495 g/mol. The van der Waals surface area contributed by atoms with E-state index >= 15 is 0 Å². The molecule has 1 fully saturated rings. The smallest absolute Gasteiger partial charge is 0.251 e. The zero-order valence-corrected chi connectivity index (χ0v) is 21.2. The van der Waals surface area contributed by atoms with E-state index in [1.807, 2.05) is 12.4 Å². The highest BCUT2D eigenvalue weighted by Gasteiger charge is 2.18. The summed E-state index contributed by atoms with van der Waals surface area (Å²) in [4.78, 5) is 25.9. The number of anilines is 1. The number of ether oxygens (including phenoxy) is 1. The molecule has 2 aromatic carbocycles. The molecule has 0 bridgehead atoms. The van der Waals surface area contributed by atoms with Crippen molar-refractivity contribution < 1.29 is 13.9 Å². The van der Waals surface area contributed by atoms with Gasteiger partial charge in [0.1, 0.15) is 0 Å². The average Bonchev–Trinajstić information content (AvgIpc) is 2.91. The summed E-state index contributed by atoms with van der Waals surface area (Å²) in [5.41, 5.74) is 3.07. The van der Waals surface area contributed by atoms with E-state index < -0.39 is 5.82 Å². The molecule has 0 aliphatic carbocycles. The van der Waals surface area contributed by atoms with E-state index in [9.17, 15) is 9.18 Å². The lowest BCUT2D eigenvalue weighted by Gasteiger charge is -2.32. The van der Waals surface area contributed by atoms with Crippen LogP contribution in [0.25, 0.3) is 0 Å². The van der Waals surface area contributed by atoms with Crippen LogP contribution in [0.4, 0.5) is 10.1 Å². The Morgan fingerprint density at radius 1 is 1.11 bits per heavy atom. The third kappa shape index (κ3) is 6.67. The lowest BCUT2D eigenvalue weighted by molar-refractivity contribution is 0.0962. The van der Waals surface area contributed by atoms with E-state index in [1.54, 1.807) is 13.1 Å². The van der Waals surface area contributed by atoms with Crippen LogP contribution in [0.2, 0.25) is 0 Å². The maximum atomic E-state index is 14.7. The van der Waals surface area contributed by atoms with Crippen LogP contribution >= 0.6 is 0 Å². The number of aliphatic imine (C=N–C) groups is 2. The molecule has 0 atom stereocenters. The Balaban J connectivity index is 1.28. The summed E-state index contributed by atoms with van der Waals surface area (Å²) in [5.74, 6) is -0.666. The monoisotopic (exact) mass is 494 g/mol. The number of piperazine rings is 1. The van der Waals surface area contributed by atoms with Crippen LogP contribution < -0.4 is 15.4 Å². The second-order valence-corrected chi connectivity index (χ2v) is 9.32. The van der Waals surface area contributed by atoms with Gasteiger partial charge in [-0.1, -0.05) is 12.1 Å². The van der Waals surface area contributed by atoms with E-state index in [0.717, 1.165) is 38.4 Å². The fraction of sp³-hybridized carbons (Fsp3) is 0.444. The van der Waals surface area contributed by atoms with Crippen LogP contribution in [0.5, 0.6) is 5.75 Å². The minimum atomic E-state index is -0.439. The van der Waals surface area contributed by atoms with Crippen molar-refractivity contribution in [1.82, 2.24) is 15.1 Å². The molecule has 1 saturated heterocycles. The number of carbonyl (C=O) groups excluding carboxylic acids is 1. The highest BCUT2D eigenvalue weighted by Crippen LogP contribution is 2.25. The van der Waals surface area contributed by atoms with Crippen molar-refractivity contribution in [2.45, 2.75) is 25.7 Å². The minimum absolute atomic E-state index is 0.0110. The van der Waals surface area contributed by atoms with Crippen molar-refractivity contribution in [3.05, 3.63) is 58.9 Å². The van der Waals surface area contributed by atoms with Crippen LogP contribution in [-0.2, 0) is 13.0 Å². The van der Waals surface area contributed by atoms with E-state index in [1.165, 1.54) is 18.7 Å². The van der Waals surface area contributed by atoms with Crippen molar-refractivity contribution in [1.29, 1.82) is 0 Å². The maximum Gasteiger partial charge on any atom is 0.251 e. The SMILES string of the molecule is CNC(=O)c1cc(CCC2C=NC(Nc3ccc(CN4CCN(C)CC4)cc3)N=C2)c(F)c(OC)c1. The van der Waals surface area contributed by atoms with Crippen molar-refractivity contribution in [3.8, 4) is 5.75 Å². The van der Waals surface area contributed by atoms with E-state index in [2.05, 4.69) is 61.7 Å². The number of amides is 1. The lowest BCUT2D eigenvalue weighted by atomic mass is 9.98. The fourth-order valence-electron chi connectivity index (χ4n) is 4.39. The maximum absolute atomic E-state index is 14.7. The van der Waals surface area contributed by atoms with Gasteiger partial charge in [0.15, 0.2) is 11.6 Å². The Kier molecular flexibility index (Phi) is 8.66. The number of halogens is 1. The molecule has 0 aromatic heterocycles. The van der Waals surface area contributed by atoms with E-state index in [0.29, 0.717) is 24.0 Å². The third-order valence-corrected chi connectivity index (χ3v) is 6.66. The Labute approximate surface area is 212 Å². The molecule has 0 saturated carbocycles. The number of benzene rings is 2. The zero-order valence-electron chi connectivity index (χ0n) is 21.2. The van der Waals surface area contributed by atoms with Gasteiger partial charge in [-0.05, 0) is 55.3 Å². The quantitative estimate of drug-likeness (QED) is 0.560. The molecule has 2 heterocycles. The first kappa shape index (κ1) is 25.8. The standard InChI is InChI=1S/C27H35FN6O2/c1-29-26(35)22-14-21(25(28)24(15-22)36-3)7-4-20-16-30-27(31-17-20)32-23-8-5-19(6-9-23)18-34-12-10-33(2)11-13-34/h5-6,8-9,14-17,20,27,32H,4,7,10-13,18H2,1-3H3,(H,29,35). The summed E-state index contributed by atoms with van der Waals surface area (Å²) in [6.07, 6.45) is 4.38. The minimum Gasteiger partial charge on any atom is -0.494 e. The van der Waals surface area contributed by atoms with Gasteiger partial charge in [0.2, 0.25) is 6.29 Å². The second-order valence-electron chi connectivity index (χ2n) is 9.32. The largest absolute Gasteiger partial charge is 0.494 e. The number of carbonyl (C=O) groups is 1. The summed E-state index contributed by atoms with van der Waals surface area (Å²) in [6, 6.07) is 11.4. The van der Waals surface area contributed by atoms with Gasteiger partial charge in [-0.15, -0.1) is 0 Å². The first-order chi connectivity index (χ1) is 17.4. The van der Waals surface area contributed by atoms with Gasteiger partial charge in [0, 0.05) is 69.4 Å². The molecule has 1 amide bonds. The number of likely N-dealkylation sites (N-methyl/N-ethyl adjacent to an activating group) is 1. The normalized spacial score (nSPS) is 20.3. The van der Waals surface area contributed by atoms with Crippen molar-refractivity contribution in [2.24, 2.45) is 15.9 Å². The number of nitrogens with one attached hydrogen (secondary N) is 2. The molecular formula is C27H35FN6O2. The molecule has 9 heteroatoms. The number of methoxy groups -OCH3 is 1. The number of aryl methyl sites for hydroxylation is 1. The van der Waals surface area contributed by atoms with Crippen LogP contribution in [0, 0.1) is 11.7 Å². The second kappa shape index (κ2) is 12.1. The molecule has 2 aromatic rings. The van der Waals surface area contributed by atoms with E-state index in [-0.39, 0.29) is 23.9 Å². The predicted octanol–water partition coefficient (Wildman–Crippen LogP) is 3.04. The Morgan fingerprint density at radius 2 is 1.81 bits per heavy atom. The molecule has 0 radical (unpaired) electrons. The number of nitrogens with zero attached hydrogens (tertiary/aromatic N) is 4. The predicted molar refractivity (Wildman–Crippen MR) is 142 cm³/mol. The van der Waals surface area contributed by atoms with Gasteiger partial charge in [0.05, 0.1) is 7.11 Å². The van der Waals surface area contributed by atoms with Crippen molar-refractivity contribution >= 4 is 24.0 Å². The van der Waals surface area contributed by atoms with Gasteiger partial charge >= 0.3 is 0 Å². The molecule has 4 rings (SSSR count). The van der Waals surface area contributed by atoms with Crippen LogP contribution in [0.1, 0.15) is 27.9 Å². The third-order valence-electron chi connectivity index (χ3n) is 6.66. The molecule has 192 valence electrons. The summed E-state index contributed by atoms with van der Waals surface area (Å²) in [7, 11) is 5.10. The van der Waals surface area contributed by atoms with Gasteiger partial charge in [0.25, 0.3) is 5.91 Å². The molecular weight excluding hydrogens is 459 g/mol. The number of hydrogen-bond donors (Lipinski definition) is 2. The first-order valence-corrected chi connectivity index (χ1v) is 12.4. The Bertz CT molecular complexity index is 1080. The summed E-state index contributed by atoms with van der Waals surface area (Å²) < 4.78 is 19.8. The summed E-state index contributed by atoms with van der Waals surface area (Å²) >= 11 is 0. The molecule has 36 heavy (non-hydrogen) atoms. The lowest BCUT2D eigenvalue weighted by Crippen LogP contribution is -2.43. The van der Waals surface area contributed by atoms with Gasteiger partial charge in [-0.2, -0.15) is 0 Å². The topological polar surface area (TPSA) is 81.6 Å². The van der Waals surface area contributed by atoms with Gasteiger partial charge in [-0.25, -0.2) is 4.39 Å². The van der Waals surface area contributed by atoms with Crippen LogP contribution in [0.3, 0.4) is 0 Å². The molecule has 8 nitrogen and oxygen atoms in total. The molecule has 2 aliphatic rings. The highest BCUT2D eigenvalue weighted by atomic mass is 19.1. The molecule has 2 N–H and O–H groups in total. The number of rotatable bonds is 9. The van der Waals surface area contributed by atoms with Crippen molar-refractivity contribution in [3.63, 3.8) is 0 Å². The van der Waals surface area contributed by atoms with Gasteiger partial charge in [-0.3, -0.25) is 19.7 Å². The van der Waals surface area contributed by atoms with Crippen LogP contribution in [-0.4, -0.2) is 81.8 Å². The van der Waals surface area contributed by atoms with Crippen molar-refractivity contribution in [2.75, 3.05) is 52.7 Å². The first-order valence-electron chi connectivity index (χ1n) is 12.4.